The van der Waals surface area contributed by atoms with E-state index in [4.69, 9.17) is 16.1 Å². The molecule has 0 radical (unpaired) electrons. The second kappa shape index (κ2) is 9.17. The molecule has 0 unspecified atom stereocenters. The Bertz CT molecular complexity index is 1500. The summed E-state index contributed by atoms with van der Waals surface area (Å²) in [6.45, 7) is 0.258. The van der Waals surface area contributed by atoms with Crippen LogP contribution in [0.2, 0.25) is 5.02 Å². The molecule has 0 aliphatic heterocycles. The number of thioether (sulfide) groups is 1. The topological polar surface area (TPSA) is 73.8 Å². The molecule has 0 amide bonds. The van der Waals surface area contributed by atoms with Crippen molar-refractivity contribution in [3.63, 3.8) is 0 Å². The summed E-state index contributed by atoms with van der Waals surface area (Å²) in [6, 6.07) is 20.5. The Morgan fingerprint density at radius 1 is 0.970 bits per heavy atom. The number of aromatic nitrogens is 4. The third kappa shape index (κ3) is 4.53. The van der Waals surface area contributed by atoms with Gasteiger partial charge in [-0.25, -0.2) is 9.37 Å². The SMILES string of the molecule is O=c1c2ccccc2nc(SCc2nc(-c3ccccc3Cl)no2)n1Cc1ccc(F)cc1. The molecule has 164 valence electrons. The van der Waals surface area contributed by atoms with Gasteiger partial charge < -0.3 is 4.52 Å². The van der Waals surface area contributed by atoms with Gasteiger partial charge in [-0.05, 0) is 42.0 Å². The second-order valence-electron chi connectivity index (χ2n) is 7.21. The van der Waals surface area contributed by atoms with Gasteiger partial charge in [0.25, 0.3) is 5.56 Å². The average Bonchev–Trinajstić information content (AvgIpc) is 3.30. The van der Waals surface area contributed by atoms with Gasteiger partial charge in [0, 0.05) is 5.56 Å². The zero-order valence-electron chi connectivity index (χ0n) is 17.1. The van der Waals surface area contributed by atoms with Crippen LogP contribution in [-0.2, 0) is 12.3 Å². The molecule has 2 aromatic heterocycles. The Balaban J connectivity index is 1.46. The summed E-state index contributed by atoms with van der Waals surface area (Å²) < 4.78 is 20.3. The van der Waals surface area contributed by atoms with Crippen molar-refractivity contribution in [1.82, 2.24) is 19.7 Å². The summed E-state index contributed by atoms with van der Waals surface area (Å²) in [4.78, 5) is 22.3. The molecule has 0 aliphatic rings. The Morgan fingerprint density at radius 3 is 2.55 bits per heavy atom. The van der Waals surface area contributed by atoms with Crippen molar-refractivity contribution in [2.75, 3.05) is 0 Å². The Labute approximate surface area is 197 Å². The van der Waals surface area contributed by atoms with Gasteiger partial charge in [-0.2, -0.15) is 4.98 Å². The summed E-state index contributed by atoms with van der Waals surface area (Å²) in [7, 11) is 0. The van der Waals surface area contributed by atoms with Crippen molar-refractivity contribution < 1.29 is 8.91 Å². The van der Waals surface area contributed by atoms with Crippen molar-refractivity contribution in [2.45, 2.75) is 17.5 Å². The Morgan fingerprint density at radius 2 is 1.73 bits per heavy atom. The normalized spacial score (nSPS) is 11.2. The van der Waals surface area contributed by atoms with Crippen LogP contribution in [0.15, 0.2) is 87.3 Å². The van der Waals surface area contributed by atoms with Crippen LogP contribution in [0.5, 0.6) is 0 Å². The molecule has 0 N–H and O–H groups in total. The van der Waals surface area contributed by atoms with Gasteiger partial charge >= 0.3 is 0 Å². The fourth-order valence-corrected chi connectivity index (χ4v) is 4.42. The maximum Gasteiger partial charge on any atom is 0.262 e. The first-order valence-corrected chi connectivity index (χ1v) is 11.4. The fourth-order valence-electron chi connectivity index (χ4n) is 3.36. The van der Waals surface area contributed by atoms with Gasteiger partial charge in [0.15, 0.2) is 5.16 Å². The fraction of sp³-hybridized carbons (Fsp3) is 0.0833. The number of benzene rings is 3. The lowest BCUT2D eigenvalue weighted by molar-refractivity contribution is 0.391. The van der Waals surface area contributed by atoms with Crippen LogP contribution < -0.4 is 5.56 Å². The van der Waals surface area contributed by atoms with Crippen molar-refractivity contribution in [2.24, 2.45) is 0 Å². The number of hydrogen-bond acceptors (Lipinski definition) is 6. The molecule has 0 aliphatic carbocycles. The van der Waals surface area contributed by atoms with Gasteiger partial charge in [-0.15, -0.1) is 0 Å². The number of para-hydroxylation sites is 1. The van der Waals surface area contributed by atoms with Crippen molar-refractivity contribution in [3.8, 4) is 11.4 Å². The third-order valence-electron chi connectivity index (χ3n) is 4.99. The lowest BCUT2D eigenvalue weighted by atomic mass is 10.2. The Hall–Kier alpha value is -3.49. The molecule has 33 heavy (non-hydrogen) atoms. The molecule has 0 saturated carbocycles. The minimum absolute atomic E-state index is 0.172. The van der Waals surface area contributed by atoms with E-state index in [1.54, 1.807) is 41.0 Å². The van der Waals surface area contributed by atoms with Gasteiger partial charge in [0.2, 0.25) is 11.7 Å². The van der Waals surface area contributed by atoms with Crippen LogP contribution in [0.4, 0.5) is 4.39 Å². The molecule has 6 nitrogen and oxygen atoms in total. The number of rotatable bonds is 6. The average molecular weight is 479 g/mol. The summed E-state index contributed by atoms with van der Waals surface area (Å²) in [6.07, 6.45) is 0. The largest absolute Gasteiger partial charge is 0.338 e. The van der Waals surface area contributed by atoms with Crippen LogP contribution in [-0.4, -0.2) is 19.7 Å². The van der Waals surface area contributed by atoms with Gasteiger partial charge in [-0.3, -0.25) is 9.36 Å². The summed E-state index contributed by atoms with van der Waals surface area (Å²) >= 11 is 7.54. The second-order valence-corrected chi connectivity index (χ2v) is 8.56. The van der Waals surface area contributed by atoms with Crippen LogP contribution in [0.3, 0.4) is 0 Å². The zero-order chi connectivity index (χ0) is 22.8. The molecule has 0 bridgehead atoms. The monoisotopic (exact) mass is 478 g/mol. The maximum atomic E-state index is 13.3. The van der Waals surface area contributed by atoms with E-state index in [9.17, 15) is 9.18 Å². The lowest BCUT2D eigenvalue weighted by Gasteiger charge is -2.12. The molecule has 0 fully saturated rings. The van der Waals surface area contributed by atoms with Crippen LogP contribution in [0.25, 0.3) is 22.3 Å². The minimum Gasteiger partial charge on any atom is -0.338 e. The first kappa shape index (κ1) is 21.4. The lowest BCUT2D eigenvalue weighted by Crippen LogP contribution is -2.24. The predicted octanol–water partition coefficient (Wildman–Crippen LogP) is 5.58. The number of nitrogens with zero attached hydrogens (tertiary/aromatic N) is 4. The standard InChI is InChI=1S/C24H16ClFN4O2S/c25-19-7-3-1-5-17(19)22-28-21(32-29-22)14-33-24-27-20-8-4-2-6-18(20)23(31)30(24)13-15-9-11-16(26)12-10-15/h1-12H,13-14H2. The molecule has 0 atom stereocenters. The van der Waals surface area contributed by atoms with Crippen LogP contribution >= 0.6 is 23.4 Å². The molecule has 5 aromatic rings. The van der Waals surface area contributed by atoms with E-state index < -0.39 is 0 Å². The number of hydrogen-bond donors (Lipinski definition) is 0. The first-order chi connectivity index (χ1) is 16.1. The quantitative estimate of drug-likeness (QED) is 0.234. The first-order valence-electron chi connectivity index (χ1n) is 10.0. The number of fused-ring (bicyclic) bond motifs is 1. The highest BCUT2D eigenvalue weighted by molar-refractivity contribution is 7.98. The van der Waals surface area contributed by atoms with Gasteiger partial charge in [0.05, 0.1) is 28.2 Å². The van der Waals surface area contributed by atoms with Crippen LogP contribution in [0.1, 0.15) is 11.5 Å². The van der Waals surface area contributed by atoms with E-state index >= 15 is 0 Å². The summed E-state index contributed by atoms with van der Waals surface area (Å²) in [5.74, 6) is 0.756. The molecule has 0 saturated heterocycles. The highest BCUT2D eigenvalue weighted by Crippen LogP contribution is 2.27. The van der Waals surface area contributed by atoms with E-state index in [0.29, 0.717) is 44.1 Å². The van der Waals surface area contributed by atoms with E-state index in [1.165, 1.54) is 23.9 Å². The highest BCUT2D eigenvalue weighted by atomic mass is 35.5. The third-order valence-corrected chi connectivity index (χ3v) is 6.28. The molecule has 5 rings (SSSR count). The van der Waals surface area contributed by atoms with Gasteiger partial charge in [-0.1, -0.05) is 64.9 Å². The van der Waals surface area contributed by atoms with Gasteiger partial charge in [0.1, 0.15) is 5.82 Å². The Kier molecular flexibility index (Phi) is 5.93. The van der Waals surface area contributed by atoms with E-state index in [0.717, 1.165) is 5.56 Å². The van der Waals surface area contributed by atoms with E-state index in [2.05, 4.69) is 15.1 Å². The molecular formula is C24H16ClFN4O2S. The van der Waals surface area contributed by atoms with Crippen molar-refractivity contribution in [3.05, 3.63) is 105 Å². The van der Waals surface area contributed by atoms with E-state index in [-0.39, 0.29) is 17.9 Å². The van der Waals surface area contributed by atoms with Crippen molar-refractivity contribution in [1.29, 1.82) is 0 Å². The summed E-state index contributed by atoms with van der Waals surface area (Å²) in [5.41, 5.74) is 1.89. The van der Waals surface area contributed by atoms with Crippen molar-refractivity contribution >= 4 is 34.3 Å². The highest BCUT2D eigenvalue weighted by Gasteiger charge is 2.16. The minimum atomic E-state index is -0.331. The molecule has 9 heteroatoms. The van der Waals surface area contributed by atoms with E-state index in [1.807, 2.05) is 24.3 Å². The summed E-state index contributed by atoms with van der Waals surface area (Å²) in [5, 5.41) is 5.56. The van der Waals surface area contributed by atoms with Crippen LogP contribution in [0, 0.1) is 5.82 Å². The molecule has 2 heterocycles. The number of halogens is 2. The zero-order valence-corrected chi connectivity index (χ0v) is 18.7. The maximum absolute atomic E-state index is 13.3. The smallest absolute Gasteiger partial charge is 0.262 e. The molecule has 0 spiro atoms. The predicted molar refractivity (Wildman–Crippen MR) is 126 cm³/mol. The molecule has 3 aromatic carbocycles. The molecular weight excluding hydrogens is 463 g/mol.